The van der Waals surface area contributed by atoms with E-state index < -0.39 is 0 Å². The van der Waals surface area contributed by atoms with Crippen LogP contribution in [0.15, 0.2) is 48.5 Å². The van der Waals surface area contributed by atoms with E-state index in [-0.39, 0.29) is 24.6 Å². The number of rotatable bonds is 7. The molecule has 0 saturated heterocycles. The molecule has 1 aliphatic carbocycles. The molecule has 24 heavy (non-hydrogen) atoms. The Kier molecular flexibility index (Phi) is 5.28. The van der Waals surface area contributed by atoms with Gasteiger partial charge in [-0.2, -0.15) is 0 Å². The highest BCUT2D eigenvalue weighted by Gasteiger charge is 2.34. The summed E-state index contributed by atoms with van der Waals surface area (Å²) in [5, 5.41) is 0. The van der Waals surface area contributed by atoms with Gasteiger partial charge in [-0.15, -0.1) is 0 Å². The topological polar surface area (TPSA) is 44.8 Å². The molecule has 3 rings (SSSR count). The summed E-state index contributed by atoms with van der Waals surface area (Å²) in [5.74, 6) is -0.579. The van der Waals surface area contributed by atoms with Gasteiger partial charge in [0, 0.05) is 7.11 Å². The van der Waals surface area contributed by atoms with Crippen LogP contribution in [0.1, 0.15) is 24.0 Å². The van der Waals surface area contributed by atoms with Crippen LogP contribution in [0.4, 0.5) is 0 Å². The summed E-state index contributed by atoms with van der Waals surface area (Å²) in [6.45, 7) is 3.06. The molecule has 0 aliphatic heterocycles. The summed E-state index contributed by atoms with van der Waals surface area (Å²) in [7, 11) is 1.63. The fraction of sp³-hybridized carbons (Fsp3) is 0.350. The first-order valence-corrected chi connectivity index (χ1v) is 8.17. The maximum Gasteiger partial charge on any atom is 0.318 e. The fourth-order valence-electron chi connectivity index (χ4n) is 3.17. The van der Waals surface area contributed by atoms with Gasteiger partial charge < -0.3 is 14.2 Å². The molecule has 0 bridgehead atoms. The highest BCUT2D eigenvalue weighted by molar-refractivity contribution is 5.93. The van der Waals surface area contributed by atoms with Crippen molar-refractivity contribution in [1.82, 2.24) is 0 Å². The predicted octanol–water partition coefficient (Wildman–Crippen LogP) is 3.39. The minimum absolute atomic E-state index is 0.0124. The van der Waals surface area contributed by atoms with E-state index in [9.17, 15) is 4.79 Å². The van der Waals surface area contributed by atoms with Crippen LogP contribution in [0.5, 0.6) is 0 Å². The van der Waals surface area contributed by atoms with Crippen LogP contribution in [0, 0.1) is 0 Å². The van der Waals surface area contributed by atoms with E-state index in [1.54, 1.807) is 7.11 Å². The zero-order chi connectivity index (χ0) is 16.9. The van der Waals surface area contributed by atoms with Crippen molar-refractivity contribution in [3.8, 4) is 11.1 Å². The van der Waals surface area contributed by atoms with Crippen molar-refractivity contribution in [3.05, 3.63) is 59.7 Å². The lowest BCUT2D eigenvalue weighted by molar-refractivity contribution is -0.146. The van der Waals surface area contributed by atoms with E-state index in [0.717, 1.165) is 22.3 Å². The van der Waals surface area contributed by atoms with Crippen LogP contribution in [-0.2, 0) is 19.0 Å². The first-order valence-electron chi connectivity index (χ1n) is 8.17. The van der Waals surface area contributed by atoms with E-state index in [1.165, 1.54) is 0 Å². The molecule has 1 unspecified atom stereocenters. The molecule has 126 valence electrons. The van der Waals surface area contributed by atoms with E-state index in [1.807, 2.05) is 43.3 Å². The predicted molar refractivity (Wildman–Crippen MR) is 92.0 cm³/mol. The van der Waals surface area contributed by atoms with Gasteiger partial charge in [-0.05, 0) is 29.2 Å². The van der Waals surface area contributed by atoms with Gasteiger partial charge in [0.2, 0.25) is 0 Å². The SMILES string of the molecule is COCC(C)OCCOC(=O)C1c2ccccc2-c2ccccc21. The van der Waals surface area contributed by atoms with Crippen LogP contribution in [0.25, 0.3) is 11.1 Å². The van der Waals surface area contributed by atoms with Crippen molar-refractivity contribution >= 4 is 5.97 Å². The van der Waals surface area contributed by atoms with Crippen molar-refractivity contribution in [3.63, 3.8) is 0 Å². The molecule has 0 spiro atoms. The molecule has 2 aromatic carbocycles. The van der Waals surface area contributed by atoms with Gasteiger partial charge in [-0.25, -0.2) is 0 Å². The highest BCUT2D eigenvalue weighted by atomic mass is 16.6. The zero-order valence-corrected chi connectivity index (χ0v) is 14.0. The van der Waals surface area contributed by atoms with Crippen LogP contribution in [-0.4, -0.2) is 39.0 Å². The number of esters is 1. The molecule has 0 aromatic heterocycles. The summed E-state index contributed by atoms with van der Waals surface area (Å²) in [6.07, 6.45) is -0.0124. The Bertz CT molecular complexity index is 665. The third-order valence-corrected chi connectivity index (χ3v) is 4.20. The van der Waals surface area contributed by atoms with E-state index >= 15 is 0 Å². The number of carbonyl (C=O) groups is 1. The quantitative estimate of drug-likeness (QED) is 0.578. The molecule has 0 amide bonds. The van der Waals surface area contributed by atoms with Crippen LogP contribution >= 0.6 is 0 Å². The van der Waals surface area contributed by atoms with Gasteiger partial charge in [0.15, 0.2) is 0 Å². The Morgan fingerprint density at radius 3 is 2.17 bits per heavy atom. The van der Waals surface area contributed by atoms with E-state index in [0.29, 0.717) is 13.2 Å². The first kappa shape index (κ1) is 16.7. The van der Waals surface area contributed by atoms with Crippen molar-refractivity contribution < 1.29 is 19.0 Å². The number of carbonyl (C=O) groups excluding carboxylic acids is 1. The van der Waals surface area contributed by atoms with Gasteiger partial charge in [0.05, 0.1) is 19.3 Å². The molecule has 0 radical (unpaired) electrons. The maximum atomic E-state index is 12.6. The number of methoxy groups -OCH3 is 1. The van der Waals surface area contributed by atoms with Gasteiger partial charge in [-0.3, -0.25) is 4.79 Å². The molecule has 0 heterocycles. The van der Waals surface area contributed by atoms with Gasteiger partial charge in [-0.1, -0.05) is 48.5 Å². The Labute approximate surface area is 142 Å². The lowest BCUT2D eigenvalue weighted by Crippen LogP contribution is -2.21. The largest absolute Gasteiger partial charge is 0.463 e. The summed E-state index contributed by atoms with van der Waals surface area (Å²) in [5.41, 5.74) is 4.25. The molecule has 1 atom stereocenters. The van der Waals surface area contributed by atoms with Crippen molar-refractivity contribution in [2.75, 3.05) is 26.9 Å². The number of fused-ring (bicyclic) bond motifs is 3. The standard InChI is InChI=1S/C20H22O4/c1-14(13-22-2)23-11-12-24-20(21)19-17-9-5-3-7-15(17)16-8-4-6-10-18(16)19/h3-10,14,19H,11-13H2,1-2H3. The minimum atomic E-state index is -0.353. The van der Waals surface area contributed by atoms with Crippen LogP contribution in [0.3, 0.4) is 0 Å². The molecule has 4 nitrogen and oxygen atoms in total. The molecule has 0 fully saturated rings. The lowest BCUT2D eigenvalue weighted by atomic mass is 9.97. The molecule has 0 saturated carbocycles. The van der Waals surface area contributed by atoms with Crippen molar-refractivity contribution in [2.45, 2.75) is 18.9 Å². The Morgan fingerprint density at radius 2 is 1.58 bits per heavy atom. The average molecular weight is 326 g/mol. The molecule has 2 aromatic rings. The highest BCUT2D eigenvalue weighted by Crippen LogP contribution is 2.44. The molecular weight excluding hydrogens is 304 g/mol. The average Bonchev–Trinajstić information content (AvgIpc) is 2.93. The molecule has 1 aliphatic rings. The number of hydrogen-bond donors (Lipinski definition) is 0. The minimum Gasteiger partial charge on any atom is -0.463 e. The number of hydrogen-bond acceptors (Lipinski definition) is 4. The molecule has 4 heteroatoms. The number of benzene rings is 2. The van der Waals surface area contributed by atoms with E-state index in [4.69, 9.17) is 14.2 Å². The fourth-order valence-corrected chi connectivity index (χ4v) is 3.17. The smallest absolute Gasteiger partial charge is 0.318 e. The van der Waals surface area contributed by atoms with Gasteiger partial charge in [0.25, 0.3) is 0 Å². The maximum absolute atomic E-state index is 12.6. The Hall–Kier alpha value is -2.17. The number of ether oxygens (including phenoxy) is 3. The third-order valence-electron chi connectivity index (χ3n) is 4.20. The summed E-state index contributed by atoms with van der Waals surface area (Å²) in [6, 6.07) is 16.0. The second-order valence-corrected chi connectivity index (χ2v) is 5.91. The summed E-state index contributed by atoms with van der Waals surface area (Å²) in [4.78, 5) is 12.6. The Balaban J connectivity index is 1.67. The summed E-state index contributed by atoms with van der Waals surface area (Å²) < 4.78 is 16.0. The monoisotopic (exact) mass is 326 g/mol. The zero-order valence-electron chi connectivity index (χ0n) is 14.0. The Morgan fingerprint density at radius 1 is 1.00 bits per heavy atom. The summed E-state index contributed by atoms with van der Waals surface area (Å²) >= 11 is 0. The molecule has 0 N–H and O–H groups in total. The first-order chi connectivity index (χ1) is 11.7. The van der Waals surface area contributed by atoms with Gasteiger partial charge >= 0.3 is 5.97 Å². The van der Waals surface area contributed by atoms with Gasteiger partial charge in [0.1, 0.15) is 12.5 Å². The van der Waals surface area contributed by atoms with Crippen LogP contribution in [0.2, 0.25) is 0 Å². The molecular formula is C20H22O4. The lowest BCUT2D eigenvalue weighted by Gasteiger charge is -2.15. The van der Waals surface area contributed by atoms with Crippen LogP contribution < -0.4 is 0 Å². The second kappa shape index (κ2) is 7.60. The second-order valence-electron chi connectivity index (χ2n) is 5.91. The van der Waals surface area contributed by atoms with E-state index in [2.05, 4.69) is 12.1 Å². The third kappa shape index (κ3) is 3.35. The normalized spacial score (nSPS) is 14.1. The van der Waals surface area contributed by atoms with Crippen molar-refractivity contribution in [1.29, 1.82) is 0 Å². The van der Waals surface area contributed by atoms with Crippen molar-refractivity contribution in [2.24, 2.45) is 0 Å².